The summed E-state index contributed by atoms with van der Waals surface area (Å²) in [7, 11) is 2.24. The molecule has 1 atom stereocenters. The first kappa shape index (κ1) is 16.0. The van der Waals surface area contributed by atoms with Gasteiger partial charge in [0.2, 0.25) is 0 Å². The van der Waals surface area contributed by atoms with E-state index in [0.29, 0.717) is 18.6 Å². The van der Waals surface area contributed by atoms with Gasteiger partial charge in [0, 0.05) is 23.1 Å². The summed E-state index contributed by atoms with van der Waals surface area (Å²) in [6.45, 7) is 2.99. The van der Waals surface area contributed by atoms with Gasteiger partial charge in [0.25, 0.3) is 0 Å². The fraction of sp³-hybridized carbons (Fsp3) is 0.647. The van der Waals surface area contributed by atoms with E-state index < -0.39 is 0 Å². The molecule has 0 radical (unpaired) electrons. The average molecular weight is 339 g/mol. The average Bonchev–Trinajstić information content (AvgIpc) is 2.50. The van der Waals surface area contributed by atoms with Crippen LogP contribution in [-0.2, 0) is 0 Å². The van der Waals surface area contributed by atoms with Crippen LogP contribution in [0.1, 0.15) is 50.6 Å². The largest absolute Gasteiger partial charge is 0.329 e. The summed E-state index contributed by atoms with van der Waals surface area (Å²) in [4.78, 5) is 2.51. The molecule has 3 heteroatoms. The van der Waals surface area contributed by atoms with Crippen molar-refractivity contribution in [2.24, 2.45) is 11.7 Å². The standard InChI is InChI=1S/C17H27BrN2/c1-3-13-8-10-14(11-9-13)20(2)17(12-19)15-6-4-5-7-16(15)18/h4-7,13-14,17H,3,8-12,19H2,1-2H3. The minimum Gasteiger partial charge on any atom is -0.329 e. The van der Waals surface area contributed by atoms with Gasteiger partial charge in [0.1, 0.15) is 0 Å². The number of halogens is 1. The second-order valence-corrected chi connectivity index (χ2v) is 6.88. The van der Waals surface area contributed by atoms with Crippen molar-refractivity contribution in [3.05, 3.63) is 34.3 Å². The van der Waals surface area contributed by atoms with Crippen molar-refractivity contribution in [1.29, 1.82) is 0 Å². The molecule has 1 aliphatic rings. The van der Waals surface area contributed by atoms with Crippen molar-refractivity contribution in [2.45, 2.75) is 51.1 Å². The minimum atomic E-state index is 0.314. The maximum absolute atomic E-state index is 6.07. The number of benzene rings is 1. The van der Waals surface area contributed by atoms with Crippen LogP contribution in [0.4, 0.5) is 0 Å². The van der Waals surface area contributed by atoms with Gasteiger partial charge in [0.15, 0.2) is 0 Å². The van der Waals surface area contributed by atoms with E-state index in [1.54, 1.807) is 0 Å². The lowest BCUT2D eigenvalue weighted by Gasteiger charge is -2.39. The van der Waals surface area contributed by atoms with Crippen LogP contribution < -0.4 is 5.73 Å². The smallest absolute Gasteiger partial charge is 0.0481 e. The Morgan fingerprint density at radius 1 is 1.25 bits per heavy atom. The monoisotopic (exact) mass is 338 g/mol. The summed E-state index contributed by atoms with van der Waals surface area (Å²) < 4.78 is 1.17. The van der Waals surface area contributed by atoms with Gasteiger partial charge in [0.05, 0.1) is 0 Å². The summed E-state index contributed by atoms with van der Waals surface area (Å²) in [6.07, 6.45) is 6.71. The number of rotatable bonds is 5. The first-order chi connectivity index (χ1) is 9.67. The molecular formula is C17H27BrN2. The fourth-order valence-corrected chi connectivity index (χ4v) is 4.02. The molecular weight excluding hydrogens is 312 g/mol. The first-order valence-corrected chi connectivity index (χ1v) is 8.63. The Bertz CT molecular complexity index is 413. The summed E-state index contributed by atoms with van der Waals surface area (Å²) in [6, 6.07) is 9.46. The van der Waals surface area contributed by atoms with Crippen LogP contribution in [0, 0.1) is 5.92 Å². The summed E-state index contributed by atoms with van der Waals surface area (Å²) in [5.74, 6) is 0.944. The Balaban J connectivity index is 2.06. The second-order valence-electron chi connectivity index (χ2n) is 6.02. The molecule has 1 saturated carbocycles. The Labute approximate surface area is 131 Å². The minimum absolute atomic E-state index is 0.314. The van der Waals surface area contributed by atoms with Gasteiger partial charge in [-0.1, -0.05) is 47.5 Å². The predicted molar refractivity (Wildman–Crippen MR) is 89.7 cm³/mol. The molecule has 0 heterocycles. The van der Waals surface area contributed by atoms with Crippen LogP contribution in [0.25, 0.3) is 0 Å². The third-order valence-corrected chi connectivity index (χ3v) is 5.67. The Kier molecular flexibility index (Phi) is 6.06. The van der Waals surface area contributed by atoms with Crippen LogP contribution in [0.2, 0.25) is 0 Å². The van der Waals surface area contributed by atoms with E-state index >= 15 is 0 Å². The molecule has 2 nitrogen and oxygen atoms in total. The molecule has 1 aromatic rings. The molecule has 0 aromatic heterocycles. The highest BCUT2D eigenvalue weighted by molar-refractivity contribution is 9.10. The lowest BCUT2D eigenvalue weighted by molar-refractivity contribution is 0.121. The summed E-state index contributed by atoms with van der Waals surface area (Å²) >= 11 is 3.67. The van der Waals surface area contributed by atoms with E-state index in [1.807, 2.05) is 0 Å². The molecule has 2 N–H and O–H groups in total. The van der Waals surface area contributed by atoms with Crippen LogP contribution in [0.5, 0.6) is 0 Å². The number of nitrogens with zero attached hydrogens (tertiary/aromatic N) is 1. The maximum atomic E-state index is 6.07. The van der Waals surface area contributed by atoms with Crippen molar-refractivity contribution in [1.82, 2.24) is 4.90 Å². The van der Waals surface area contributed by atoms with Gasteiger partial charge in [-0.25, -0.2) is 0 Å². The van der Waals surface area contributed by atoms with Gasteiger partial charge in [-0.05, 0) is 50.3 Å². The molecule has 0 bridgehead atoms. The normalized spacial score (nSPS) is 24.9. The topological polar surface area (TPSA) is 29.3 Å². The fourth-order valence-electron chi connectivity index (χ4n) is 3.47. The number of hydrogen-bond acceptors (Lipinski definition) is 2. The van der Waals surface area contributed by atoms with Crippen LogP contribution in [0.3, 0.4) is 0 Å². The third-order valence-electron chi connectivity index (χ3n) is 4.95. The predicted octanol–water partition coefficient (Wildman–Crippen LogP) is 4.35. The quantitative estimate of drug-likeness (QED) is 0.864. The lowest BCUT2D eigenvalue weighted by Crippen LogP contribution is -2.40. The molecule has 2 rings (SSSR count). The zero-order valence-corrected chi connectivity index (χ0v) is 14.3. The summed E-state index contributed by atoms with van der Waals surface area (Å²) in [5, 5.41) is 0. The molecule has 1 unspecified atom stereocenters. The Morgan fingerprint density at radius 3 is 2.45 bits per heavy atom. The summed E-state index contributed by atoms with van der Waals surface area (Å²) in [5.41, 5.74) is 7.39. The number of hydrogen-bond donors (Lipinski definition) is 1. The zero-order valence-electron chi connectivity index (χ0n) is 12.7. The maximum Gasteiger partial charge on any atom is 0.0481 e. The van der Waals surface area contributed by atoms with E-state index in [9.17, 15) is 0 Å². The van der Waals surface area contributed by atoms with E-state index in [2.05, 4.69) is 59.1 Å². The highest BCUT2D eigenvalue weighted by Gasteiger charge is 2.28. The van der Waals surface area contributed by atoms with Crippen molar-refractivity contribution in [3.63, 3.8) is 0 Å². The Hall–Kier alpha value is -0.380. The van der Waals surface area contributed by atoms with E-state index in [1.165, 1.54) is 42.1 Å². The lowest BCUT2D eigenvalue weighted by atomic mass is 9.83. The van der Waals surface area contributed by atoms with Gasteiger partial charge >= 0.3 is 0 Å². The molecule has 0 spiro atoms. The van der Waals surface area contributed by atoms with E-state index in [4.69, 9.17) is 5.73 Å². The van der Waals surface area contributed by atoms with Crippen LogP contribution >= 0.6 is 15.9 Å². The van der Waals surface area contributed by atoms with Gasteiger partial charge in [-0.3, -0.25) is 4.90 Å². The van der Waals surface area contributed by atoms with E-state index in [-0.39, 0.29) is 0 Å². The highest BCUT2D eigenvalue weighted by atomic mass is 79.9. The third kappa shape index (κ3) is 3.63. The van der Waals surface area contributed by atoms with Crippen molar-refractivity contribution in [3.8, 4) is 0 Å². The number of likely N-dealkylation sites (N-methyl/N-ethyl adjacent to an activating group) is 1. The Morgan fingerprint density at radius 2 is 1.90 bits per heavy atom. The van der Waals surface area contributed by atoms with E-state index in [0.717, 1.165) is 5.92 Å². The van der Waals surface area contributed by atoms with Crippen molar-refractivity contribution >= 4 is 15.9 Å². The molecule has 1 fully saturated rings. The second kappa shape index (κ2) is 7.58. The molecule has 0 saturated heterocycles. The van der Waals surface area contributed by atoms with Crippen molar-refractivity contribution < 1.29 is 0 Å². The molecule has 0 amide bonds. The number of nitrogens with two attached hydrogens (primary N) is 1. The zero-order chi connectivity index (χ0) is 14.5. The molecule has 112 valence electrons. The first-order valence-electron chi connectivity index (χ1n) is 7.83. The van der Waals surface area contributed by atoms with Gasteiger partial charge in [-0.15, -0.1) is 0 Å². The molecule has 1 aromatic carbocycles. The van der Waals surface area contributed by atoms with Gasteiger partial charge < -0.3 is 5.73 Å². The van der Waals surface area contributed by atoms with Crippen LogP contribution in [-0.4, -0.2) is 24.5 Å². The molecule has 20 heavy (non-hydrogen) atoms. The SMILES string of the molecule is CCC1CCC(N(C)C(CN)c2ccccc2Br)CC1. The van der Waals surface area contributed by atoms with Crippen molar-refractivity contribution in [2.75, 3.05) is 13.6 Å². The van der Waals surface area contributed by atoms with Gasteiger partial charge in [-0.2, -0.15) is 0 Å². The highest BCUT2D eigenvalue weighted by Crippen LogP contribution is 2.34. The molecule has 1 aliphatic carbocycles. The molecule has 0 aliphatic heterocycles. The van der Waals surface area contributed by atoms with Crippen LogP contribution in [0.15, 0.2) is 28.7 Å².